The Morgan fingerprint density at radius 1 is 1.17 bits per heavy atom. The first-order valence-corrected chi connectivity index (χ1v) is 12.1. The highest BCUT2D eigenvalue weighted by Gasteiger charge is 2.32. The number of aromatic nitrogens is 6. The van der Waals surface area contributed by atoms with E-state index >= 15 is 0 Å². The fourth-order valence-electron chi connectivity index (χ4n) is 3.33. The summed E-state index contributed by atoms with van der Waals surface area (Å²) in [7, 11) is -1.00. The van der Waals surface area contributed by atoms with Crippen molar-refractivity contribution in [2.45, 2.75) is 31.7 Å². The summed E-state index contributed by atoms with van der Waals surface area (Å²) < 4.78 is 41.5. The Hall–Kier alpha value is -3.91. The summed E-state index contributed by atoms with van der Waals surface area (Å²) in [6.45, 7) is 3.42. The smallest absolute Gasteiger partial charge is 0.243 e. The quantitative estimate of drug-likeness (QED) is 0.438. The van der Waals surface area contributed by atoms with Gasteiger partial charge in [0.1, 0.15) is 17.2 Å². The molecular weight excluding hydrogens is 474 g/mol. The molecule has 35 heavy (non-hydrogen) atoms. The minimum absolute atomic E-state index is 0.0761. The number of methoxy groups -OCH3 is 2. The minimum Gasteiger partial charge on any atom is -0.480 e. The van der Waals surface area contributed by atoms with Gasteiger partial charge >= 0.3 is 0 Å². The zero-order valence-corrected chi connectivity index (χ0v) is 20.4. The molecule has 14 heteroatoms. The zero-order chi connectivity index (χ0) is 25.0. The first-order chi connectivity index (χ1) is 16.8. The number of nitrogens with zero attached hydrogens (tertiary/aromatic N) is 7. The van der Waals surface area contributed by atoms with Gasteiger partial charge in [0, 0.05) is 32.1 Å². The molecule has 3 aromatic rings. The van der Waals surface area contributed by atoms with Crippen molar-refractivity contribution in [3.8, 4) is 11.5 Å². The Bertz CT molecular complexity index is 1340. The van der Waals surface area contributed by atoms with Gasteiger partial charge in [0.15, 0.2) is 12.1 Å². The summed E-state index contributed by atoms with van der Waals surface area (Å²) in [4.78, 5) is 17.0. The predicted octanol–water partition coefficient (Wildman–Crippen LogP) is 1.19. The Kier molecular flexibility index (Phi) is 7.02. The van der Waals surface area contributed by atoms with Crippen molar-refractivity contribution in [2.75, 3.05) is 18.9 Å². The number of ether oxygens (including phenoxy) is 2. The van der Waals surface area contributed by atoms with Crippen LogP contribution in [0.25, 0.3) is 17.2 Å². The molecule has 0 spiro atoms. The van der Waals surface area contributed by atoms with Crippen LogP contribution in [0.3, 0.4) is 0 Å². The van der Waals surface area contributed by atoms with Gasteiger partial charge in [0.2, 0.25) is 21.9 Å². The third-order valence-electron chi connectivity index (χ3n) is 5.17. The Labute approximate surface area is 202 Å². The van der Waals surface area contributed by atoms with Crippen molar-refractivity contribution in [1.82, 2.24) is 35.0 Å². The molecule has 0 aromatic carbocycles. The number of nitrogens with one attached hydrogen (secondary N) is 2. The van der Waals surface area contributed by atoms with Gasteiger partial charge in [-0.3, -0.25) is 14.3 Å². The van der Waals surface area contributed by atoms with Gasteiger partial charge in [-0.1, -0.05) is 6.07 Å². The number of sulfonamides is 1. The van der Waals surface area contributed by atoms with E-state index in [4.69, 9.17) is 9.47 Å². The van der Waals surface area contributed by atoms with Crippen molar-refractivity contribution in [3.63, 3.8) is 0 Å². The third kappa shape index (κ3) is 5.12. The first-order valence-electron chi connectivity index (χ1n) is 10.6. The molecule has 2 atom stereocenters. The maximum absolute atomic E-state index is 13.3. The molecule has 4 heterocycles. The lowest BCUT2D eigenvalue weighted by molar-refractivity contribution is 0.127. The van der Waals surface area contributed by atoms with Crippen molar-refractivity contribution in [1.29, 1.82) is 0 Å². The lowest BCUT2D eigenvalue weighted by Gasteiger charge is -2.26. The monoisotopic (exact) mass is 499 g/mol. The highest BCUT2D eigenvalue weighted by Crippen LogP contribution is 2.30. The molecule has 3 aromatic heterocycles. The molecule has 2 N–H and O–H groups in total. The van der Waals surface area contributed by atoms with Gasteiger partial charge in [-0.05, 0) is 31.5 Å². The minimum atomic E-state index is -3.94. The highest BCUT2D eigenvalue weighted by atomic mass is 32.2. The van der Waals surface area contributed by atoms with Gasteiger partial charge in [-0.25, -0.2) is 23.4 Å². The van der Waals surface area contributed by atoms with Crippen molar-refractivity contribution >= 4 is 28.0 Å². The maximum Gasteiger partial charge on any atom is 0.243 e. The fourth-order valence-corrected chi connectivity index (χ4v) is 4.29. The molecule has 0 saturated carbocycles. The van der Waals surface area contributed by atoms with Gasteiger partial charge in [-0.15, -0.1) is 10.2 Å². The predicted molar refractivity (Wildman–Crippen MR) is 128 cm³/mol. The van der Waals surface area contributed by atoms with Crippen LogP contribution in [-0.4, -0.2) is 70.2 Å². The SMILES string of the molecule is COC1=C(n2c(NS(=O)(=O)[C@@H](C)Cc3ncc(C)cn3)nnc2-c2ccccn2)C(OC)NC=N1. The molecular formula is C21H25N9O4S. The molecule has 1 unspecified atom stereocenters. The van der Waals surface area contributed by atoms with Crippen LogP contribution in [0, 0.1) is 6.92 Å². The van der Waals surface area contributed by atoms with Gasteiger partial charge < -0.3 is 14.8 Å². The summed E-state index contributed by atoms with van der Waals surface area (Å²) >= 11 is 0. The summed E-state index contributed by atoms with van der Waals surface area (Å²) in [6.07, 6.45) is 5.68. The summed E-state index contributed by atoms with van der Waals surface area (Å²) in [6, 6.07) is 5.27. The summed E-state index contributed by atoms with van der Waals surface area (Å²) in [5, 5.41) is 10.4. The van der Waals surface area contributed by atoms with Crippen LogP contribution in [0.4, 0.5) is 5.95 Å². The van der Waals surface area contributed by atoms with Gasteiger partial charge in [-0.2, -0.15) is 0 Å². The standard InChI is InChI=1S/C21H25N9O4S/c1-13-10-23-16(24-11-13)9-14(2)35(31,32)29-21-28-27-18(15-7-5-6-8-22-15)30(21)17-19(33-3)25-12-26-20(17)34-4/h5-8,10-12,14,19H,9H2,1-4H3,(H,25,26)(H,28,29)/t14-,19?/m0/s1. The van der Waals surface area contributed by atoms with E-state index in [0.717, 1.165) is 5.56 Å². The highest BCUT2D eigenvalue weighted by molar-refractivity contribution is 7.93. The van der Waals surface area contributed by atoms with E-state index in [9.17, 15) is 8.42 Å². The molecule has 0 amide bonds. The molecule has 13 nitrogen and oxygen atoms in total. The Morgan fingerprint density at radius 3 is 2.60 bits per heavy atom. The van der Waals surface area contributed by atoms with Crippen molar-refractivity contribution in [2.24, 2.45) is 4.99 Å². The molecule has 4 rings (SSSR count). The molecule has 0 radical (unpaired) electrons. The molecule has 1 aliphatic rings. The average Bonchev–Trinajstić information content (AvgIpc) is 3.27. The van der Waals surface area contributed by atoms with E-state index in [2.05, 4.69) is 40.2 Å². The van der Waals surface area contributed by atoms with E-state index in [1.165, 1.54) is 25.1 Å². The van der Waals surface area contributed by atoms with Crippen LogP contribution in [0.1, 0.15) is 18.3 Å². The number of aliphatic imine (C=N–C) groups is 1. The van der Waals surface area contributed by atoms with E-state index in [1.54, 1.807) is 43.7 Å². The third-order valence-corrected chi connectivity index (χ3v) is 6.86. The van der Waals surface area contributed by atoms with Crippen molar-refractivity contribution in [3.05, 3.63) is 54.1 Å². The number of hydrogen-bond donors (Lipinski definition) is 2. The molecule has 1 aliphatic heterocycles. The van der Waals surface area contributed by atoms with Crippen LogP contribution in [0.2, 0.25) is 0 Å². The topological polar surface area (TPSA) is 158 Å². The number of anilines is 1. The van der Waals surface area contributed by atoms with Gasteiger partial charge in [0.25, 0.3) is 0 Å². The largest absolute Gasteiger partial charge is 0.480 e. The van der Waals surface area contributed by atoms with Crippen LogP contribution >= 0.6 is 0 Å². The summed E-state index contributed by atoms with van der Waals surface area (Å²) in [5.41, 5.74) is 1.69. The maximum atomic E-state index is 13.3. The zero-order valence-electron chi connectivity index (χ0n) is 19.6. The molecule has 0 bridgehead atoms. The Morgan fingerprint density at radius 2 is 1.94 bits per heavy atom. The number of hydrogen-bond acceptors (Lipinski definition) is 11. The van der Waals surface area contributed by atoms with Gasteiger partial charge in [0.05, 0.1) is 18.7 Å². The number of rotatable bonds is 9. The molecule has 184 valence electrons. The molecule has 0 aliphatic carbocycles. The first kappa shape index (κ1) is 24.2. The molecule has 0 fully saturated rings. The number of pyridine rings is 1. The second-order valence-electron chi connectivity index (χ2n) is 7.67. The van der Waals surface area contributed by atoms with E-state index in [-0.39, 0.29) is 24.1 Å². The lowest BCUT2D eigenvalue weighted by Crippen LogP contribution is -2.37. The normalized spacial score (nSPS) is 16.6. The lowest BCUT2D eigenvalue weighted by atomic mass is 10.3. The Balaban J connectivity index is 1.76. The fraction of sp³-hybridized carbons (Fsp3) is 0.333. The van der Waals surface area contributed by atoms with Crippen LogP contribution < -0.4 is 10.0 Å². The second kappa shape index (κ2) is 10.1. The number of aryl methyl sites for hydroxylation is 1. The van der Waals surface area contributed by atoms with Crippen molar-refractivity contribution < 1.29 is 17.9 Å². The second-order valence-corrected chi connectivity index (χ2v) is 9.77. The summed E-state index contributed by atoms with van der Waals surface area (Å²) in [5.74, 6) is 0.795. The van der Waals surface area contributed by atoms with Crippen LogP contribution in [0.5, 0.6) is 0 Å². The van der Waals surface area contributed by atoms with E-state index < -0.39 is 21.5 Å². The van der Waals surface area contributed by atoms with E-state index in [1.807, 2.05) is 6.92 Å². The average molecular weight is 500 g/mol. The molecule has 0 saturated heterocycles. The van der Waals surface area contributed by atoms with E-state index in [0.29, 0.717) is 17.2 Å². The van der Waals surface area contributed by atoms with Crippen LogP contribution in [-0.2, 0) is 25.9 Å². The van der Waals surface area contributed by atoms with Crippen LogP contribution in [0.15, 0.2) is 47.7 Å².